The first kappa shape index (κ1) is 20.5. The van der Waals surface area contributed by atoms with E-state index in [9.17, 15) is 9.18 Å². The van der Waals surface area contributed by atoms with E-state index in [2.05, 4.69) is 15.5 Å². The summed E-state index contributed by atoms with van der Waals surface area (Å²) in [5.41, 5.74) is 2.02. The summed E-state index contributed by atoms with van der Waals surface area (Å²) in [6.45, 7) is 3.11. The summed E-state index contributed by atoms with van der Waals surface area (Å²) in [4.78, 5) is 11.9. The molecule has 29 heavy (non-hydrogen) atoms. The van der Waals surface area contributed by atoms with Crippen LogP contribution in [0.25, 0.3) is 11.5 Å². The Morgan fingerprint density at radius 3 is 2.59 bits per heavy atom. The Bertz CT molecular complexity index is 908. The number of benzene rings is 2. The molecule has 0 bridgehead atoms. The normalized spacial score (nSPS) is 10.7. The van der Waals surface area contributed by atoms with Crippen molar-refractivity contribution >= 4 is 5.91 Å². The topological polar surface area (TPSA) is 77.2 Å². The molecule has 1 aromatic heterocycles. The van der Waals surface area contributed by atoms with Gasteiger partial charge in [-0.15, -0.1) is 10.2 Å². The lowest BCUT2D eigenvalue weighted by molar-refractivity contribution is -0.121. The number of nitrogens with zero attached hydrogens (tertiary/aromatic N) is 2. The number of halogens is 1. The van der Waals surface area contributed by atoms with Gasteiger partial charge in [0.25, 0.3) is 0 Å². The molecule has 0 aliphatic rings. The lowest BCUT2D eigenvalue weighted by atomic mass is 10.1. The summed E-state index contributed by atoms with van der Waals surface area (Å²) in [5.74, 6) is 1.21. The van der Waals surface area contributed by atoms with Gasteiger partial charge in [0.1, 0.15) is 11.6 Å². The molecule has 0 spiro atoms. The third kappa shape index (κ3) is 6.71. The third-order valence-corrected chi connectivity index (χ3v) is 4.31. The quantitative estimate of drug-likeness (QED) is 0.522. The molecule has 152 valence electrons. The van der Waals surface area contributed by atoms with Gasteiger partial charge >= 0.3 is 0 Å². The number of unbranched alkanes of at least 4 members (excludes halogenated alkanes) is 1. The molecule has 2 aromatic carbocycles. The Hall–Kier alpha value is -3.22. The first-order chi connectivity index (χ1) is 14.1. The molecular formula is C22H24FN3O3. The molecular weight excluding hydrogens is 373 g/mol. The molecule has 1 heterocycles. The zero-order valence-corrected chi connectivity index (χ0v) is 16.4. The van der Waals surface area contributed by atoms with E-state index in [0.29, 0.717) is 43.5 Å². The van der Waals surface area contributed by atoms with Crippen LogP contribution in [0.3, 0.4) is 0 Å². The SMILES string of the molecule is Cc1ccc(-c2nnc(CCC(=O)NCCCCOc3ccc(F)cc3)o2)cc1. The molecule has 0 aliphatic carbocycles. The van der Waals surface area contributed by atoms with E-state index in [4.69, 9.17) is 9.15 Å². The fourth-order valence-corrected chi connectivity index (χ4v) is 2.65. The van der Waals surface area contributed by atoms with Gasteiger partial charge in [0.05, 0.1) is 6.61 Å². The molecule has 1 N–H and O–H groups in total. The van der Waals surface area contributed by atoms with Gasteiger partial charge in [-0.05, 0) is 56.2 Å². The van der Waals surface area contributed by atoms with Crippen LogP contribution in [0.4, 0.5) is 4.39 Å². The Labute approximate surface area is 169 Å². The Kier molecular flexibility index (Phi) is 7.33. The number of aryl methyl sites for hydroxylation is 2. The van der Waals surface area contributed by atoms with Crippen LogP contribution in [-0.2, 0) is 11.2 Å². The lowest BCUT2D eigenvalue weighted by Gasteiger charge is -2.07. The average molecular weight is 397 g/mol. The Balaban J connectivity index is 1.29. The Morgan fingerprint density at radius 2 is 1.83 bits per heavy atom. The van der Waals surface area contributed by atoms with Crippen LogP contribution in [0.5, 0.6) is 5.75 Å². The molecule has 0 atom stereocenters. The summed E-state index contributed by atoms with van der Waals surface area (Å²) in [6, 6.07) is 13.7. The number of rotatable bonds is 10. The molecule has 6 nitrogen and oxygen atoms in total. The molecule has 0 unspecified atom stereocenters. The maximum atomic E-state index is 12.8. The van der Waals surface area contributed by atoms with E-state index in [-0.39, 0.29) is 11.7 Å². The number of aromatic nitrogens is 2. The molecule has 1 amide bonds. The van der Waals surface area contributed by atoms with Gasteiger partial charge in [-0.1, -0.05) is 17.7 Å². The summed E-state index contributed by atoms with van der Waals surface area (Å²) in [6.07, 6.45) is 2.28. The van der Waals surface area contributed by atoms with E-state index in [1.54, 1.807) is 12.1 Å². The van der Waals surface area contributed by atoms with Gasteiger partial charge < -0.3 is 14.5 Å². The minimum Gasteiger partial charge on any atom is -0.494 e. The predicted molar refractivity (Wildman–Crippen MR) is 107 cm³/mol. The number of ether oxygens (including phenoxy) is 1. The van der Waals surface area contributed by atoms with E-state index in [0.717, 1.165) is 24.0 Å². The number of amides is 1. The standard InChI is InChI=1S/C22H24FN3O3/c1-16-4-6-17(7-5-16)22-26-25-21(29-22)13-12-20(27)24-14-2-3-15-28-19-10-8-18(23)9-11-19/h4-11H,2-3,12-15H2,1H3,(H,24,27). The number of hydrogen-bond acceptors (Lipinski definition) is 5. The molecule has 3 rings (SSSR count). The van der Waals surface area contributed by atoms with Gasteiger partial charge in [0.15, 0.2) is 0 Å². The van der Waals surface area contributed by atoms with E-state index < -0.39 is 0 Å². The minimum absolute atomic E-state index is 0.0560. The van der Waals surface area contributed by atoms with E-state index >= 15 is 0 Å². The highest BCUT2D eigenvalue weighted by atomic mass is 19.1. The van der Waals surface area contributed by atoms with Crippen molar-refractivity contribution in [3.05, 3.63) is 65.8 Å². The highest BCUT2D eigenvalue weighted by Gasteiger charge is 2.10. The van der Waals surface area contributed by atoms with Gasteiger partial charge in [-0.25, -0.2) is 4.39 Å². The largest absolute Gasteiger partial charge is 0.494 e. The van der Waals surface area contributed by atoms with Crippen LogP contribution in [0.15, 0.2) is 52.9 Å². The number of carbonyl (C=O) groups excluding carboxylic acids is 1. The van der Waals surface area contributed by atoms with Crippen LogP contribution in [0, 0.1) is 12.7 Å². The van der Waals surface area contributed by atoms with Crippen LogP contribution in [0.1, 0.15) is 30.7 Å². The lowest BCUT2D eigenvalue weighted by Crippen LogP contribution is -2.25. The Morgan fingerprint density at radius 1 is 1.07 bits per heavy atom. The third-order valence-electron chi connectivity index (χ3n) is 4.31. The van der Waals surface area contributed by atoms with E-state index in [1.807, 2.05) is 31.2 Å². The highest BCUT2D eigenvalue weighted by molar-refractivity contribution is 5.75. The van der Waals surface area contributed by atoms with Crippen molar-refractivity contribution in [2.75, 3.05) is 13.2 Å². The maximum Gasteiger partial charge on any atom is 0.247 e. The van der Waals surface area contributed by atoms with Gasteiger partial charge in [-0.2, -0.15) is 0 Å². The van der Waals surface area contributed by atoms with Crippen molar-refractivity contribution in [2.45, 2.75) is 32.6 Å². The zero-order chi connectivity index (χ0) is 20.5. The number of carbonyl (C=O) groups is 1. The van der Waals surface area contributed by atoms with Crippen molar-refractivity contribution in [3.63, 3.8) is 0 Å². The molecule has 0 saturated carbocycles. The first-order valence-electron chi connectivity index (χ1n) is 9.64. The van der Waals surface area contributed by atoms with E-state index in [1.165, 1.54) is 12.1 Å². The summed E-state index contributed by atoms with van der Waals surface area (Å²) in [5, 5.41) is 10.9. The van der Waals surface area contributed by atoms with Crippen molar-refractivity contribution in [1.82, 2.24) is 15.5 Å². The highest BCUT2D eigenvalue weighted by Crippen LogP contribution is 2.18. The first-order valence-corrected chi connectivity index (χ1v) is 9.64. The van der Waals surface area contributed by atoms with Crippen molar-refractivity contribution < 1.29 is 18.3 Å². The fourth-order valence-electron chi connectivity index (χ4n) is 2.65. The summed E-state index contributed by atoms with van der Waals surface area (Å²) in [7, 11) is 0. The van der Waals surface area contributed by atoms with Gasteiger partial charge in [0.2, 0.25) is 17.7 Å². The van der Waals surface area contributed by atoms with Crippen LogP contribution < -0.4 is 10.1 Å². The second-order valence-electron chi connectivity index (χ2n) is 6.73. The molecule has 0 saturated heterocycles. The maximum absolute atomic E-state index is 12.8. The van der Waals surface area contributed by atoms with Crippen LogP contribution >= 0.6 is 0 Å². The second kappa shape index (κ2) is 10.4. The molecule has 0 fully saturated rings. The second-order valence-corrected chi connectivity index (χ2v) is 6.73. The molecule has 0 aliphatic heterocycles. The summed E-state index contributed by atoms with van der Waals surface area (Å²) < 4.78 is 23.9. The van der Waals surface area contributed by atoms with Crippen molar-refractivity contribution in [1.29, 1.82) is 0 Å². The summed E-state index contributed by atoms with van der Waals surface area (Å²) >= 11 is 0. The monoisotopic (exact) mass is 397 g/mol. The van der Waals surface area contributed by atoms with Crippen molar-refractivity contribution in [3.8, 4) is 17.2 Å². The molecule has 3 aromatic rings. The van der Waals surface area contributed by atoms with Crippen LogP contribution in [0.2, 0.25) is 0 Å². The fraction of sp³-hybridized carbons (Fsp3) is 0.318. The zero-order valence-electron chi connectivity index (χ0n) is 16.4. The number of hydrogen-bond donors (Lipinski definition) is 1. The molecule has 0 radical (unpaired) electrons. The van der Waals surface area contributed by atoms with Crippen LogP contribution in [-0.4, -0.2) is 29.3 Å². The average Bonchev–Trinajstić information content (AvgIpc) is 3.20. The number of nitrogens with one attached hydrogen (secondary N) is 1. The van der Waals surface area contributed by atoms with Gasteiger partial charge in [-0.3, -0.25) is 4.79 Å². The smallest absolute Gasteiger partial charge is 0.247 e. The molecule has 7 heteroatoms. The minimum atomic E-state index is -0.285. The predicted octanol–water partition coefficient (Wildman–Crippen LogP) is 4.09. The van der Waals surface area contributed by atoms with Gasteiger partial charge in [0, 0.05) is 24.9 Å². The van der Waals surface area contributed by atoms with Crippen molar-refractivity contribution in [2.24, 2.45) is 0 Å².